The highest BCUT2D eigenvalue weighted by Crippen LogP contribution is 2.35. The van der Waals surface area contributed by atoms with Crippen molar-refractivity contribution in [1.29, 1.82) is 0 Å². The lowest BCUT2D eigenvalue weighted by atomic mass is 10.1. The van der Waals surface area contributed by atoms with Crippen molar-refractivity contribution in [2.45, 2.75) is 13.5 Å². The van der Waals surface area contributed by atoms with Gasteiger partial charge < -0.3 is 20.3 Å². The molecule has 0 radical (unpaired) electrons. The van der Waals surface area contributed by atoms with Crippen molar-refractivity contribution in [3.8, 4) is 17.0 Å². The van der Waals surface area contributed by atoms with E-state index in [0.717, 1.165) is 5.56 Å². The lowest BCUT2D eigenvalue weighted by molar-refractivity contribution is 0.100. The summed E-state index contributed by atoms with van der Waals surface area (Å²) in [5.41, 5.74) is 8.14. The van der Waals surface area contributed by atoms with Gasteiger partial charge in [0.2, 0.25) is 0 Å². The minimum atomic E-state index is -1.28. The average Bonchev–Trinajstić information content (AvgIpc) is 3.28. The molecule has 11 nitrogen and oxygen atoms in total. The third-order valence-corrected chi connectivity index (χ3v) is 5.66. The molecule has 0 aliphatic rings. The molecule has 12 heteroatoms. The molecule has 0 bridgehead atoms. The monoisotopic (exact) mass is 478 g/mol. The summed E-state index contributed by atoms with van der Waals surface area (Å²) in [6.45, 7) is 2.05. The van der Waals surface area contributed by atoms with Crippen LogP contribution in [0.25, 0.3) is 11.3 Å². The standard InChI is InChI=1S/C22H22N8O3S/c1-2-34(32)30-16-6-5-15(10-17(16)33-13-14-4-3-7-24-11-14)20-19(21(23)31)22(29-28-20)27-18-12-25-8-9-26-18/h3-12,30H,2,13H2,1H3,(H2,23,31)(H2,26,27,28,29). The molecular formula is C22H22N8O3S. The van der Waals surface area contributed by atoms with Gasteiger partial charge in [0.15, 0.2) is 0 Å². The molecule has 0 aliphatic heterocycles. The largest absolute Gasteiger partial charge is 0.593 e. The molecule has 174 valence electrons. The first-order chi connectivity index (χ1) is 16.5. The maximum atomic E-state index is 12.3. The Morgan fingerprint density at radius 1 is 1.21 bits per heavy atom. The van der Waals surface area contributed by atoms with Gasteiger partial charge in [-0.05, 0) is 25.1 Å². The molecule has 1 atom stereocenters. The minimum absolute atomic E-state index is 0.154. The number of hydrogen-bond donors (Lipinski definition) is 4. The van der Waals surface area contributed by atoms with Gasteiger partial charge in [0.1, 0.15) is 46.7 Å². The van der Waals surface area contributed by atoms with Crippen LogP contribution in [0.15, 0.2) is 61.3 Å². The number of H-pyrrole nitrogens is 1. The summed E-state index contributed by atoms with van der Waals surface area (Å²) in [5, 5.41) is 10.0. The topological polar surface area (TPSA) is 167 Å². The van der Waals surface area contributed by atoms with E-state index in [-0.39, 0.29) is 18.0 Å². The van der Waals surface area contributed by atoms with Gasteiger partial charge in [-0.25, -0.2) is 9.71 Å². The number of carbonyl (C=O) groups is 1. The summed E-state index contributed by atoms with van der Waals surface area (Å²) in [6, 6.07) is 8.87. The number of amides is 1. The Balaban J connectivity index is 1.68. The quantitative estimate of drug-likeness (QED) is 0.251. The van der Waals surface area contributed by atoms with Gasteiger partial charge in [0.05, 0.1) is 17.6 Å². The van der Waals surface area contributed by atoms with Crippen LogP contribution in [-0.2, 0) is 18.0 Å². The lowest BCUT2D eigenvalue weighted by Gasteiger charge is -2.16. The summed E-state index contributed by atoms with van der Waals surface area (Å²) in [7, 11) is 0. The SMILES string of the molecule is CC[S+]([O-])Nc1ccc(-c2n[nH]c(Nc3cnccn3)c2C(N)=O)cc1OCc1cccnc1. The fourth-order valence-corrected chi connectivity index (χ4v) is 3.64. The van der Waals surface area contributed by atoms with Crippen LogP contribution >= 0.6 is 0 Å². The molecule has 1 aromatic carbocycles. The maximum Gasteiger partial charge on any atom is 0.254 e. The van der Waals surface area contributed by atoms with Gasteiger partial charge in [0, 0.05) is 35.9 Å². The smallest absolute Gasteiger partial charge is 0.254 e. The van der Waals surface area contributed by atoms with Gasteiger partial charge in [0.25, 0.3) is 5.91 Å². The number of anilines is 3. The molecular weight excluding hydrogens is 456 g/mol. The second-order valence-corrected chi connectivity index (χ2v) is 8.47. The molecule has 0 spiro atoms. The van der Waals surface area contributed by atoms with Crippen LogP contribution in [0.4, 0.5) is 17.3 Å². The molecule has 34 heavy (non-hydrogen) atoms. The fraction of sp³-hybridized carbons (Fsp3) is 0.136. The normalized spacial score (nSPS) is 11.6. The zero-order chi connectivity index (χ0) is 23.9. The third kappa shape index (κ3) is 5.42. The van der Waals surface area contributed by atoms with E-state index >= 15 is 0 Å². The highest BCUT2D eigenvalue weighted by atomic mass is 32.2. The zero-order valence-corrected chi connectivity index (χ0v) is 19.0. The number of primary amides is 1. The highest BCUT2D eigenvalue weighted by molar-refractivity contribution is 7.92. The number of aromatic nitrogens is 5. The molecule has 4 rings (SSSR count). The average molecular weight is 479 g/mol. The van der Waals surface area contributed by atoms with E-state index in [9.17, 15) is 9.35 Å². The van der Waals surface area contributed by atoms with Crippen molar-refractivity contribution >= 4 is 34.6 Å². The van der Waals surface area contributed by atoms with Gasteiger partial charge in [-0.15, -0.1) is 0 Å². The molecule has 1 amide bonds. The summed E-state index contributed by atoms with van der Waals surface area (Å²) in [6.07, 6.45) is 7.93. The van der Waals surface area contributed by atoms with E-state index in [1.807, 2.05) is 19.1 Å². The second kappa shape index (κ2) is 10.6. The van der Waals surface area contributed by atoms with Crippen LogP contribution in [0, 0.1) is 0 Å². The molecule has 3 heterocycles. The maximum absolute atomic E-state index is 12.3. The van der Waals surface area contributed by atoms with Gasteiger partial charge in [-0.3, -0.25) is 19.9 Å². The van der Waals surface area contributed by atoms with E-state index in [2.05, 4.69) is 35.2 Å². The molecule has 0 saturated heterocycles. The highest BCUT2D eigenvalue weighted by Gasteiger charge is 2.22. The Labute approximate surface area is 198 Å². The number of aromatic amines is 1. The van der Waals surface area contributed by atoms with Gasteiger partial charge in [-0.2, -0.15) is 5.10 Å². The minimum Gasteiger partial charge on any atom is -0.593 e. The molecule has 0 saturated carbocycles. The number of nitrogens with two attached hydrogens (primary N) is 1. The van der Waals surface area contributed by atoms with E-state index < -0.39 is 17.3 Å². The van der Waals surface area contributed by atoms with Crippen molar-refractivity contribution in [3.63, 3.8) is 0 Å². The second-order valence-electron chi connectivity index (χ2n) is 7.00. The van der Waals surface area contributed by atoms with Crippen LogP contribution < -0.4 is 20.5 Å². The first-order valence-corrected chi connectivity index (χ1v) is 11.6. The first-order valence-electron chi connectivity index (χ1n) is 10.3. The molecule has 3 aromatic heterocycles. The van der Waals surface area contributed by atoms with Crippen LogP contribution in [-0.4, -0.2) is 41.4 Å². The number of benzene rings is 1. The van der Waals surface area contributed by atoms with E-state index in [1.165, 1.54) is 18.6 Å². The van der Waals surface area contributed by atoms with Gasteiger partial charge >= 0.3 is 0 Å². The molecule has 4 aromatic rings. The van der Waals surface area contributed by atoms with E-state index in [0.29, 0.717) is 34.3 Å². The number of nitrogens with one attached hydrogen (secondary N) is 3. The summed E-state index contributed by atoms with van der Waals surface area (Å²) in [4.78, 5) is 24.5. The van der Waals surface area contributed by atoms with Crippen molar-refractivity contribution in [2.75, 3.05) is 15.8 Å². The van der Waals surface area contributed by atoms with Crippen LogP contribution in [0.5, 0.6) is 5.75 Å². The number of hydrogen-bond acceptors (Lipinski definition) is 9. The Morgan fingerprint density at radius 2 is 2.06 bits per heavy atom. The van der Waals surface area contributed by atoms with Crippen LogP contribution in [0.2, 0.25) is 0 Å². The molecule has 1 unspecified atom stereocenters. The van der Waals surface area contributed by atoms with Crippen molar-refractivity contribution in [1.82, 2.24) is 25.1 Å². The molecule has 0 fully saturated rings. The zero-order valence-electron chi connectivity index (χ0n) is 18.2. The Morgan fingerprint density at radius 3 is 2.76 bits per heavy atom. The van der Waals surface area contributed by atoms with Crippen molar-refractivity contribution < 1.29 is 14.1 Å². The number of rotatable bonds is 10. The van der Waals surface area contributed by atoms with E-state index in [4.69, 9.17) is 10.5 Å². The summed E-state index contributed by atoms with van der Waals surface area (Å²) >= 11 is -1.28. The summed E-state index contributed by atoms with van der Waals surface area (Å²) in [5.74, 6) is 0.886. The Hall–Kier alpha value is -4.16. The Bertz CT molecular complexity index is 1250. The fourth-order valence-electron chi connectivity index (χ4n) is 3.09. The number of nitrogens with zero attached hydrogens (tertiary/aromatic N) is 4. The molecule has 5 N–H and O–H groups in total. The van der Waals surface area contributed by atoms with Crippen LogP contribution in [0.3, 0.4) is 0 Å². The number of ether oxygens (including phenoxy) is 1. The number of pyridine rings is 1. The lowest BCUT2D eigenvalue weighted by Crippen LogP contribution is -2.15. The molecule has 0 aliphatic carbocycles. The van der Waals surface area contributed by atoms with Gasteiger partial charge in [-0.1, -0.05) is 12.1 Å². The summed E-state index contributed by atoms with van der Waals surface area (Å²) < 4.78 is 21.1. The van der Waals surface area contributed by atoms with Crippen molar-refractivity contribution in [3.05, 3.63) is 72.4 Å². The predicted molar refractivity (Wildman–Crippen MR) is 129 cm³/mol. The predicted octanol–water partition coefficient (Wildman–Crippen LogP) is 2.78. The van der Waals surface area contributed by atoms with E-state index in [1.54, 1.807) is 30.6 Å². The Kier molecular flexibility index (Phi) is 7.20. The first kappa shape index (κ1) is 23.0. The third-order valence-electron chi connectivity index (χ3n) is 4.69. The van der Waals surface area contributed by atoms with Crippen LogP contribution in [0.1, 0.15) is 22.8 Å². The number of carbonyl (C=O) groups excluding carboxylic acids is 1. The van der Waals surface area contributed by atoms with Crippen molar-refractivity contribution in [2.24, 2.45) is 5.73 Å².